The summed E-state index contributed by atoms with van der Waals surface area (Å²) in [5.41, 5.74) is 6.76. The highest BCUT2D eigenvalue weighted by Crippen LogP contribution is 2.35. The van der Waals surface area contributed by atoms with E-state index in [2.05, 4.69) is 77.9 Å². The molecule has 0 atom stereocenters. The summed E-state index contributed by atoms with van der Waals surface area (Å²) < 4.78 is 0. The zero-order chi connectivity index (χ0) is 18.8. The summed E-state index contributed by atoms with van der Waals surface area (Å²) in [4.78, 5) is 2.04. The third-order valence-corrected chi connectivity index (χ3v) is 5.07. The maximum Gasteiger partial charge on any atom is 0.352 e. The van der Waals surface area contributed by atoms with E-state index in [1.54, 1.807) is 0 Å². The van der Waals surface area contributed by atoms with Crippen molar-refractivity contribution in [3.8, 4) is 11.1 Å². The van der Waals surface area contributed by atoms with Crippen LogP contribution in [-0.2, 0) is 0 Å². The van der Waals surface area contributed by atoms with Gasteiger partial charge in [-0.25, -0.2) is 0 Å². The highest BCUT2D eigenvalue weighted by molar-refractivity contribution is 6.89. The molecule has 4 aromatic carbocycles. The summed E-state index contributed by atoms with van der Waals surface area (Å²) in [6.07, 6.45) is 0. The van der Waals surface area contributed by atoms with Crippen LogP contribution in [0.15, 0.2) is 120 Å². The van der Waals surface area contributed by atoms with Crippen LogP contribution in [0.2, 0.25) is 0 Å². The van der Waals surface area contributed by atoms with E-state index in [4.69, 9.17) is 5.22 Å². The fourth-order valence-electron chi connectivity index (χ4n) is 3.80. The topological polar surface area (TPSA) is 28.0 Å². The van der Waals surface area contributed by atoms with E-state index in [0.29, 0.717) is 0 Å². The van der Waals surface area contributed by atoms with Crippen LogP contribution in [0.25, 0.3) is 11.1 Å². The third-order valence-electron chi connectivity index (χ3n) is 5.07. The van der Waals surface area contributed by atoms with E-state index in [0.717, 1.165) is 11.4 Å². The molecule has 0 bridgehead atoms. The Morgan fingerprint density at radius 2 is 1.18 bits per heavy atom. The Balaban J connectivity index is 1.71. The summed E-state index contributed by atoms with van der Waals surface area (Å²) in [6, 6.07) is 37.3. The minimum Gasteiger partial charge on any atom is -0.280 e. The lowest BCUT2D eigenvalue weighted by Crippen LogP contribution is -2.57. The van der Waals surface area contributed by atoms with Gasteiger partial charge in [-0.15, -0.1) is 5.11 Å². The number of fused-ring (bicyclic) bond motifs is 3. The van der Waals surface area contributed by atoms with Gasteiger partial charge in [-0.3, -0.25) is 4.92 Å². The summed E-state index contributed by atoms with van der Waals surface area (Å²) in [6.45, 7) is -0.0280. The smallest absolute Gasteiger partial charge is 0.280 e. The summed E-state index contributed by atoms with van der Waals surface area (Å²) >= 11 is 0. The molecular formula is C24H18BN3. The Morgan fingerprint density at radius 1 is 0.571 bits per heavy atom. The molecule has 5 rings (SSSR count). The van der Waals surface area contributed by atoms with Crippen molar-refractivity contribution in [2.75, 3.05) is 4.92 Å². The zero-order valence-electron chi connectivity index (χ0n) is 15.3. The van der Waals surface area contributed by atoms with Crippen LogP contribution in [0.4, 0.5) is 11.4 Å². The van der Waals surface area contributed by atoms with Crippen molar-refractivity contribution in [3.05, 3.63) is 109 Å². The van der Waals surface area contributed by atoms with Gasteiger partial charge in [-0.2, -0.15) is 0 Å². The zero-order valence-corrected chi connectivity index (χ0v) is 15.3. The first-order valence-electron chi connectivity index (χ1n) is 9.41. The van der Waals surface area contributed by atoms with E-state index in [9.17, 15) is 0 Å². The number of hydrogen-bond acceptors (Lipinski definition) is 2. The molecule has 0 fully saturated rings. The minimum atomic E-state index is -0.0280. The summed E-state index contributed by atoms with van der Waals surface area (Å²) in [7, 11) is 0. The van der Waals surface area contributed by atoms with Crippen LogP contribution in [-0.4, -0.2) is 6.85 Å². The predicted molar refractivity (Wildman–Crippen MR) is 117 cm³/mol. The highest BCUT2D eigenvalue weighted by Gasteiger charge is 2.36. The van der Waals surface area contributed by atoms with Gasteiger partial charge in [0, 0.05) is 5.56 Å². The molecule has 0 unspecified atom stereocenters. The molecule has 1 heterocycles. The number of para-hydroxylation sites is 1. The average Bonchev–Trinajstić information content (AvgIpc) is 2.78. The van der Waals surface area contributed by atoms with Crippen molar-refractivity contribution in [3.63, 3.8) is 0 Å². The Labute approximate surface area is 165 Å². The van der Waals surface area contributed by atoms with E-state index in [1.807, 2.05) is 41.3 Å². The highest BCUT2D eigenvalue weighted by atomic mass is 15.5. The van der Waals surface area contributed by atoms with Crippen LogP contribution in [0.5, 0.6) is 0 Å². The fourth-order valence-corrected chi connectivity index (χ4v) is 3.80. The lowest BCUT2D eigenvalue weighted by Gasteiger charge is -2.34. The fraction of sp³-hybridized carbons (Fsp3) is 0. The SMILES string of the molecule is c1ccc(N=NN2B(c3ccccc3)c3ccccc3-c3ccccc32)cc1. The number of rotatable bonds is 3. The van der Waals surface area contributed by atoms with Crippen LogP contribution >= 0.6 is 0 Å². The first kappa shape index (κ1) is 16.5. The average molecular weight is 359 g/mol. The number of anilines is 1. The second-order valence-corrected chi connectivity index (χ2v) is 6.79. The van der Waals surface area contributed by atoms with Gasteiger partial charge >= 0.3 is 6.85 Å². The van der Waals surface area contributed by atoms with E-state index in [-0.39, 0.29) is 6.85 Å². The van der Waals surface area contributed by atoms with Gasteiger partial charge in [0.05, 0.1) is 11.4 Å². The molecule has 0 aliphatic carbocycles. The molecule has 0 amide bonds. The largest absolute Gasteiger partial charge is 0.352 e. The maximum absolute atomic E-state index is 4.71. The van der Waals surface area contributed by atoms with Crippen LogP contribution < -0.4 is 15.8 Å². The summed E-state index contributed by atoms with van der Waals surface area (Å²) in [5.74, 6) is 0. The Kier molecular flexibility index (Phi) is 4.22. The van der Waals surface area contributed by atoms with Crippen LogP contribution in [0.3, 0.4) is 0 Å². The van der Waals surface area contributed by atoms with Crippen LogP contribution in [0.1, 0.15) is 0 Å². The van der Waals surface area contributed by atoms with E-state index in [1.165, 1.54) is 22.1 Å². The van der Waals surface area contributed by atoms with Gasteiger partial charge in [0.25, 0.3) is 0 Å². The molecule has 0 N–H and O–H groups in total. The number of nitrogens with zero attached hydrogens (tertiary/aromatic N) is 3. The van der Waals surface area contributed by atoms with Crippen molar-refractivity contribution < 1.29 is 0 Å². The molecule has 4 aromatic rings. The molecule has 1 aliphatic heterocycles. The first-order chi connectivity index (χ1) is 13.9. The molecule has 0 spiro atoms. The Bertz CT molecular complexity index is 1130. The Morgan fingerprint density at radius 3 is 1.96 bits per heavy atom. The standard InChI is InChI=1S/C24H18BN3/c1-3-11-19(12-4-1)25-23-17-9-7-15-21(23)22-16-8-10-18-24(22)28(25)27-26-20-13-5-2-6-14-20/h1-18H. The molecule has 132 valence electrons. The van der Waals surface area contributed by atoms with E-state index >= 15 is 0 Å². The quantitative estimate of drug-likeness (QED) is 0.375. The second-order valence-electron chi connectivity index (χ2n) is 6.79. The van der Waals surface area contributed by atoms with Gasteiger partial charge in [0.15, 0.2) is 0 Å². The lowest BCUT2D eigenvalue weighted by molar-refractivity contribution is 1.02. The van der Waals surface area contributed by atoms with Gasteiger partial charge in [0.2, 0.25) is 0 Å². The first-order valence-corrected chi connectivity index (χ1v) is 9.41. The molecule has 0 radical (unpaired) electrons. The molecule has 0 saturated carbocycles. The minimum absolute atomic E-state index is 0.0280. The molecule has 0 aromatic heterocycles. The normalized spacial score (nSPS) is 12.7. The molecule has 0 saturated heterocycles. The van der Waals surface area contributed by atoms with Gasteiger partial charge in [0.1, 0.15) is 0 Å². The monoisotopic (exact) mass is 359 g/mol. The predicted octanol–water partition coefficient (Wildman–Crippen LogP) is 4.98. The molecular weight excluding hydrogens is 341 g/mol. The van der Waals surface area contributed by atoms with Crippen molar-refractivity contribution in [1.82, 2.24) is 0 Å². The summed E-state index contributed by atoms with van der Waals surface area (Å²) in [5, 5.41) is 9.24. The van der Waals surface area contributed by atoms with Gasteiger partial charge in [-0.1, -0.05) is 96.2 Å². The van der Waals surface area contributed by atoms with Crippen molar-refractivity contribution in [1.29, 1.82) is 0 Å². The van der Waals surface area contributed by atoms with Crippen LogP contribution in [0, 0.1) is 0 Å². The second kappa shape index (κ2) is 7.16. The van der Waals surface area contributed by atoms with Crippen molar-refractivity contribution >= 4 is 29.1 Å². The Hall–Kier alpha value is -3.66. The molecule has 1 aliphatic rings. The van der Waals surface area contributed by atoms with E-state index < -0.39 is 0 Å². The number of benzene rings is 4. The number of hydrogen-bond donors (Lipinski definition) is 0. The lowest BCUT2D eigenvalue weighted by atomic mass is 9.47. The van der Waals surface area contributed by atoms with Crippen molar-refractivity contribution in [2.45, 2.75) is 0 Å². The molecule has 4 heteroatoms. The van der Waals surface area contributed by atoms with Gasteiger partial charge < -0.3 is 0 Å². The third kappa shape index (κ3) is 2.89. The maximum atomic E-state index is 4.71. The molecule has 3 nitrogen and oxygen atoms in total. The van der Waals surface area contributed by atoms with Crippen molar-refractivity contribution in [2.24, 2.45) is 10.3 Å². The van der Waals surface area contributed by atoms with Gasteiger partial charge in [-0.05, 0) is 34.7 Å². The molecule has 28 heavy (non-hydrogen) atoms.